The Morgan fingerprint density at radius 2 is 2.00 bits per heavy atom. The van der Waals surface area contributed by atoms with Gasteiger partial charge in [-0.3, -0.25) is 4.98 Å². The van der Waals surface area contributed by atoms with Crippen LogP contribution in [0.25, 0.3) is 10.8 Å². The van der Waals surface area contributed by atoms with Crippen molar-refractivity contribution < 1.29 is 10.3 Å². The van der Waals surface area contributed by atoms with Crippen LogP contribution in [0.15, 0.2) is 65.1 Å². The van der Waals surface area contributed by atoms with Crippen LogP contribution in [0.5, 0.6) is 0 Å². The Bertz CT molecular complexity index is 1160. The Kier molecular flexibility index (Phi) is 4.59. The second-order valence-electron chi connectivity index (χ2n) is 10.8. The van der Waals surface area contributed by atoms with Crippen molar-refractivity contribution in [2.75, 3.05) is 0 Å². The van der Waals surface area contributed by atoms with Gasteiger partial charge in [0.05, 0.1) is 11.3 Å². The van der Waals surface area contributed by atoms with E-state index in [0.717, 1.165) is 62.7 Å². The number of benzene rings is 1. The molecular weight excluding hydrogens is 396 g/mol. The third-order valence-electron chi connectivity index (χ3n) is 9.31. The summed E-state index contributed by atoms with van der Waals surface area (Å²) < 4.78 is 0. The average Bonchev–Trinajstić information content (AvgIpc) is 3.10. The van der Waals surface area contributed by atoms with Crippen LogP contribution in [0.3, 0.4) is 0 Å². The number of rotatable bonds is 1. The average molecular weight is 429 g/mol. The topological polar surface area (TPSA) is 65.7 Å². The Morgan fingerprint density at radius 1 is 1.09 bits per heavy atom. The molecule has 4 heteroatoms. The fraction of sp³-hybridized carbons (Fsp3) is 0.500. The molecule has 2 saturated carbocycles. The first-order valence-electron chi connectivity index (χ1n) is 12.2. The lowest BCUT2D eigenvalue weighted by Gasteiger charge is -2.49. The molecule has 0 radical (unpaired) electrons. The van der Waals surface area contributed by atoms with E-state index in [1.165, 1.54) is 21.9 Å². The minimum Gasteiger partial charge on any atom is -0.411 e. The van der Waals surface area contributed by atoms with Gasteiger partial charge in [0.15, 0.2) is 0 Å². The lowest BCUT2D eigenvalue weighted by molar-refractivity contribution is -0.0470. The van der Waals surface area contributed by atoms with E-state index in [-0.39, 0.29) is 11.3 Å². The van der Waals surface area contributed by atoms with Crippen LogP contribution < -0.4 is 0 Å². The first-order valence-corrected chi connectivity index (χ1v) is 12.2. The van der Waals surface area contributed by atoms with Crippen molar-refractivity contribution >= 4 is 16.5 Å². The largest absolute Gasteiger partial charge is 0.411 e. The quantitative estimate of drug-likeness (QED) is 0.423. The molecule has 166 valence electrons. The smallest absolute Gasteiger partial charge is 0.0927 e. The highest BCUT2D eigenvalue weighted by molar-refractivity contribution is 5.86. The molecule has 0 spiro atoms. The molecule has 2 aromatic rings. The number of allylic oxidation sites excluding steroid dienone is 2. The monoisotopic (exact) mass is 428 g/mol. The van der Waals surface area contributed by atoms with E-state index in [9.17, 15) is 10.3 Å². The third-order valence-corrected chi connectivity index (χ3v) is 9.31. The van der Waals surface area contributed by atoms with Crippen molar-refractivity contribution in [3.63, 3.8) is 0 Å². The van der Waals surface area contributed by atoms with E-state index in [1.807, 2.05) is 12.4 Å². The van der Waals surface area contributed by atoms with Gasteiger partial charge in [-0.2, -0.15) is 0 Å². The van der Waals surface area contributed by atoms with Gasteiger partial charge < -0.3 is 10.3 Å². The number of pyridine rings is 1. The molecule has 2 N–H and O–H groups in total. The third kappa shape index (κ3) is 2.92. The maximum absolute atomic E-state index is 12.2. The molecule has 2 fully saturated rings. The minimum atomic E-state index is -0.749. The van der Waals surface area contributed by atoms with Crippen LogP contribution in [-0.2, 0) is 0 Å². The second kappa shape index (κ2) is 7.28. The highest BCUT2D eigenvalue weighted by atomic mass is 16.4. The summed E-state index contributed by atoms with van der Waals surface area (Å²) in [6.45, 7) is 2.41. The normalized spacial score (nSPS) is 37.8. The summed E-state index contributed by atoms with van der Waals surface area (Å²) in [5.74, 6) is 1.12. The van der Waals surface area contributed by atoms with Crippen molar-refractivity contribution in [2.24, 2.45) is 22.4 Å². The van der Waals surface area contributed by atoms with Gasteiger partial charge in [-0.15, -0.1) is 0 Å². The van der Waals surface area contributed by atoms with Crippen molar-refractivity contribution in [1.29, 1.82) is 0 Å². The van der Waals surface area contributed by atoms with Crippen LogP contribution in [0.2, 0.25) is 0 Å². The van der Waals surface area contributed by atoms with Crippen molar-refractivity contribution in [3.05, 3.63) is 65.5 Å². The first kappa shape index (κ1) is 20.2. The molecule has 1 aromatic heterocycles. The van der Waals surface area contributed by atoms with Crippen molar-refractivity contribution in [3.8, 4) is 0 Å². The minimum absolute atomic E-state index is 0.0554. The predicted octanol–water partition coefficient (Wildman–Crippen LogP) is 6.15. The van der Waals surface area contributed by atoms with Gasteiger partial charge in [0.1, 0.15) is 0 Å². The Morgan fingerprint density at radius 3 is 2.88 bits per heavy atom. The van der Waals surface area contributed by atoms with E-state index in [0.29, 0.717) is 11.8 Å². The van der Waals surface area contributed by atoms with Gasteiger partial charge in [0.2, 0.25) is 0 Å². The standard InChI is InChI=1S/C28H32N2O2/c1-27-11-9-23-15-19-4-5-24(30-32)16-20(19)8-12-28(23,31)26(27)7-6-25(27)21-3-2-18-10-13-29-17-22(18)14-21/h2-3,9-10,13-15,17,20,25-26,31-32H,4-8,11-12,16H2,1H3/b30-24-/t20?,25?,26?,27?,28-/m1/s1. The van der Waals surface area contributed by atoms with Gasteiger partial charge in [0.25, 0.3) is 0 Å². The number of hydrogen-bond donors (Lipinski definition) is 2. The Hall–Kier alpha value is -2.46. The molecule has 4 unspecified atom stereocenters. The summed E-state index contributed by atoms with van der Waals surface area (Å²) in [5.41, 5.74) is 4.21. The molecule has 4 aliphatic rings. The number of nitrogens with zero attached hydrogens (tertiary/aromatic N) is 2. The van der Waals surface area contributed by atoms with Gasteiger partial charge in [-0.05, 0) is 103 Å². The Labute approximate surface area is 189 Å². The molecule has 32 heavy (non-hydrogen) atoms. The van der Waals surface area contributed by atoms with Crippen LogP contribution >= 0.6 is 0 Å². The van der Waals surface area contributed by atoms with E-state index in [1.54, 1.807) is 0 Å². The molecule has 0 aliphatic heterocycles. The van der Waals surface area contributed by atoms with Crippen LogP contribution in [0.4, 0.5) is 0 Å². The highest BCUT2D eigenvalue weighted by Gasteiger charge is 2.58. The fourth-order valence-corrected chi connectivity index (χ4v) is 7.55. The lowest BCUT2D eigenvalue weighted by Crippen LogP contribution is -2.49. The summed E-state index contributed by atoms with van der Waals surface area (Å²) in [7, 11) is 0. The molecule has 4 aliphatic carbocycles. The number of aromatic nitrogens is 1. The van der Waals surface area contributed by atoms with E-state index in [4.69, 9.17) is 0 Å². The SMILES string of the molecule is CC12CC=C3C=C4CC/C(=N/O)CC4CC[C@]3(O)C1CCC2c1ccc2ccncc2c1. The van der Waals surface area contributed by atoms with Gasteiger partial charge in [-0.1, -0.05) is 41.9 Å². The van der Waals surface area contributed by atoms with Gasteiger partial charge in [-0.25, -0.2) is 0 Å². The van der Waals surface area contributed by atoms with E-state index >= 15 is 0 Å². The van der Waals surface area contributed by atoms with Crippen molar-refractivity contribution in [2.45, 2.75) is 69.8 Å². The molecule has 0 bridgehead atoms. The summed E-state index contributed by atoms with van der Waals surface area (Å²) in [4.78, 5) is 4.32. The summed E-state index contributed by atoms with van der Waals surface area (Å²) >= 11 is 0. The maximum atomic E-state index is 12.2. The molecular formula is C28H32N2O2. The predicted molar refractivity (Wildman–Crippen MR) is 127 cm³/mol. The van der Waals surface area contributed by atoms with Crippen LogP contribution in [0.1, 0.15) is 69.8 Å². The Balaban J connectivity index is 1.35. The zero-order chi connectivity index (χ0) is 21.9. The molecule has 6 rings (SSSR count). The van der Waals surface area contributed by atoms with E-state index in [2.05, 4.69) is 53.5 Å². The van der Waals surface area contributed by atoms with Gasteiger partial charge in [0, 0.05) is 17.8 Å². The van der Waals surface area contributed by atoms with E-state index < -0.39 is 5.60 Å². The van der Waals surface area contributed by atoms with Crippen LogP contribution in [-0.4, -0.2) is 26.6 Å². The molecule has 1 aromatic carbocycles. The molecule has 0 amide bonds. The molecule has 0 saturated heterocycles. The first-order chi connectivity index (χ1) is 15.5. The molecule has 5 atom stereocenters. The number of aliphatic hydroxyl groups is 1. The molecule has 4 nitrogen and oxygen atoms in total. The van der Waals surface area contributed by atoms with Crippen molar-refractivity contribution in [1.82, 2.24) is 4.98 Å². The summed E-state index contributed by atoms with van der Waals surface area (Å²) in [6, 6.07) is 8.91. The number of fused-ring (bicyclic) bond motifs is 5. The van der Waals surface area contributed by atoms with Gasteiger partial charge >= 0.3 is 0 Å². The summed E-state index contributed by atoms with van der Waals surface area (Å²) in [5, 5.41) is 27.4. The fourth-order valence-electron chi connectivity index (χ4n) is 7.55. The zero-order valence-corrected chi connectivity index (χ0v) is 18.8. The zero-order valence-electron chi connectivity index (χ0n) is 18.8. The molecule has 1 heterocycles. The maximum Gasteiger partial charge on any atom is 0.0927 e. The number of hydrogen-bond acceptors (Lipinski definition) is 4. The number of oxime groups is 1. The summed E-state index contributed by atoms with van der Waals surface area (Å²) in [6.07, 6.45) is 16.1. The second-order valence-corrected chi connectivity index (χ2v) is 10.8. The highest BCUT2D eigenvalue weighted by Crippen LogP contribution is 2.63. The lowest BCUT2D eigenvalue weighted by atomic mass is 9.58. The van der Waals surface area contributed by atoms with Crippen LogP contribution in [0, 0.1) is 17.3 Å².